The molecule has 0 amide bonds. The summed E-state index contributed by atoms with van der Waals surface area (Å²) in [6, 6.07) is 0. The van der Waals surface area contributed by atoms with Crippen molar-refractivity contribution in [3.63, 3.8) is 0 Å². The van der Waals surface area contributed by atoms with Crippen molar-refractivity contribution >= 4 is 21.8 Å². The average Bonchev–Trinajstić information content (AvgIpc) is 2.72. The van der Waals surface area contributed by atoms with Crippen LogP contribution in [0.4, 0.5) is 0 Å². The van der Waals surface area contributed by atoms with Gasteiger partial charge < -0.3 is 9.90 Å². The molecule has 0 saturated heterocycles. The fourth-order valence-corrected chi connectivity index (χ4v) is 8.88. The van der Waals surface area contributed by atoms with Crippen molar-refractivity contribution in [3.8, 4) is 0 Å². The Morgan fingerprint density at radius 1 is 0.516 bits per heavy atom. The van der Waals surface area contributed by atoms with Crippen LogP contribution in [0.3, 0.4) is 0 Å². The number of carboxylic acid groups (broad SMARTS) is 1. The van der Waals surface area contributed by atoms with Gasteiger partial charge in [-0.3, -0.25) is 0 Å². The van der Waals surface area contributed by atoms with Crippen molar-refractivity contribution in [2.24, 2.45) is 0 Å². The predicted molar refractivity (Wildman–Crippen MR) is 143 cm³/mol. The van der Waals surface area contributed by atoms with Crippen LogP contribution >= 0.6 is 15.8 Å². The van der Waals surface area contributed by atoms with E-state index < -0.39 is 5.97 Å². The second-order valence-corrected chi connectivity index (χ2v) is 13.7. The first-order chi connectivity index (χ1) is 14.4. The van der Waals surface area contributed by atoms with E-state index in [0.717, 1.165) is 6.92 Å². The Bertz CT molecular complexity index is 252. The van der Waals surface area contributed by atoms with Crippen LogP contribution in [0.25, 0.3) is 0 Å². The van der Waals surface area contributed by atoms with Gasteiger partial charge >= 0.3 is 17.1 Å². The molecule has 0 aromatic rings. The van der Waals surface area contributed by atoms with Crippen molar-refractivity contribution in [2.45, 2.75) is 126 Å². The number of hydrogen-bond donors (Lipinski definition) is 0. The van der Waals surface area contributed by atoms with E-state index in [4.69, 9.17) is 9.90 Å². The molecule has 0 aliphatic carbocycles. The molecule has 31 heavy (non-hydrogen) atoms. The molecular formula is C26H57CuO2P2. The van der Waals surface area contributed by atoms with Gasteiger partial charge in [-0.25, -0.2) is 0 Å². The van der Waals surface area contributed by atoms with Crippen molar-refractivity contribution < 1.29 is 27.0 Å². The standard InChI is InChI=1S/2C12H27P.C2H4O2.Cu/c2*1-4-7-10-13(11-8-5-2)12-9-6-3;1-2(3)4;/h2*4-12H2,1-3H3;1H3,(H,3,4);/q;;;+1/p-1. The molecule has 2 nitrogen and oxygen atoms in total. The summed E-state index contributed by atoms with van der Waals surface area (Å²) >= 11 is 0. The minimum absolute atomic E-state index is 0. The van der Waals surface area contributed by atoms with Crippen LogP contribution < -0.4 is 5.11 Å². The van der Waals surface area contributed by atoms with Gasteiger partial charge in [0.2, 0.25) is 0 Å². The molecule has 0 aliphatic rings. The summed E-state index contributed by atoms with van der Waals surface area (Å²) in [5.74, 6) is -1.08. The van der Waals surface area contributed by atoms with Gasteiger partial charge in [0.05, 0.1) is 0 Å². The molecule has 194 valence electrons. The van der Waals surface area contributed by atoms with E-state index in [2.05, 4.69) is 41.5 Å². The Morgan fingerprint density at radius 3 is 0.742 bits per heavy atom. The molecule has 0 bridgehead atoms. The molecular weight excluding hydrogens is 470 g/mol. The topological polar surface area (TPSA) is 40.1 Å². The van der Waals surface area contributed by atoms with Gasteiger partial charge in [-0.1, -0.05) is 80.1 Å². The second-order valence-electron chi connectivity index (χ2n) is 8.30. The molecule has 0 unspecified atom stereocenters. The monoisotopic (exact) mass is 526 g/mol. The Labute approximate surface area is 210 Å². The van der Waals surface area contributed by atoms with E-state index in [1.807, 2.05) is 0 Å². The van der Waals surface area contributed by atoms with Gasteiger partial charge in [-0.15, -0.1) is 15.8 Å². The van der Waals surface area contributed by atoms with Gasteiger partial charge in [-0.2, -0.15) is 0 Å². The second kappa shape index (κ2) is 35.4. The van der Waals surface area contributed by atoms with Crippen LogP contribution in [0.15, 0.2) is 0 Å². The van der Waals surface area contributed by atoms with E-state index in [-0.39, 0.29) is 17.1 Å². The SMILES string of the molecule is CC(=O)[O-].CCCCP(CCCC)CCCC.CCCCP(CCCC)CCCC.[Cu+]. The molecule has 5 heteroatoms. The predicted octanol–water partition coefficient (Wildman–Crippen LogP) is 8.49. The normalized spacial score (nSPS) is 10.1. The Morgan fingerprint density at radius 2 is 0.645 bits per heavy atom. The minimum atomic E-state index is -1.08. The summed E-state index contributed by atoms with van der Waals surface area (Å²) in [5, 5.41) is 8.89. The maximum Gasteiger partial charge on any atom is 1.00 e. The zero-order chi connectivity index (χ0) is 23.5. The third-order valence-electron chi connectivity index (χ3n) is 4.97. The zero-order valence-electron chi connectivity index (χ0n) is 22.2. The Hall–Kier alpha value is 0.849. The third kappa shape index (κ3) is 41.6. The van der Waals surface area contributed by atoms with Gasteiger partial charge in [0.15, 0.2) is 0 Å². The number of carbonyl (C=O) groups excluding carboxylic acids is 1. The molecule has 0 radical (unpaired) electrons. The van der Waals surface area contributed by atoms with E-state index in [1.54, 1.807) is 37.0 Å². The summed E-state index contributed by atoms with van der Waals surface area (Å²) in [4.78, 5) is 8.89. The summed E-state index contributed by atoms with van der Waals surface area (Å²) < 4.78 is 0. The van der Waals surface area contributed by atoms with Crippen molar-refractivity contribution in [1.82, 2.24) is 0 Å². The van der Waals surface area contributed by atoms with Crippen LogP contribution in [0.2, 0.25) is 0 Å². The van der Waals surface area contributed by atoms with E-state index in [0.29, 0.717) is 15.8 Å². The zero-order valence-corrected chi connectivity index (χ0v) is 25.0. The molecule has 0 N–H and O–H groups in total. The number of carbonyl (C=O) groups is 1. The first kappa shape index (κ1) is 39.1. The van der Waals surface area contributed by atoms with Crippen LogP contribution in [-0.4, -0.2) is 42.9 Å². The summed E-state index contributed by atoms with van der Waals surface area (Å²) in [6.45, 7) is 14.8. The van der Waals surface area contributed by atoms with E-state index in [9.17, 15) is 0 Å². The molecule has 0 aromatic carbocycles. The summed E-state index contributed by atoms with van der Waals surface area (Å²) in [7, 11) is 0.843. The minimum Gasteiger partial charge on any atom is -0.550 e. The molecule has 0 aromatic heterocycles. The van der Waals surface area contributed by atoms with Crippen molar-refractivity contribution in [2.75, 3.05) is 37.0 Å². The first-order valence-electron chi connectivity index (χ1n) is 13.0. The third-order valence-corrected chi connectivity index (χ3v) is 10.7. The van der Waals surface area contributed by atoms with Gasteiger partial charge in [-0.05, 0) is 82.4 Å². The Balaban J connectivity index is -0.000000195. The molecule has 0 saturated carbocycles. The number of carboxylic acids is 1. The first-order valence-corrected chi connectivity index (χ1v) is 16.8. The maximum absolute atomic E-state index is 8.89. The fourth-order valence-electron chi connectivity index (χ4n) is 2.96. The van der Waals surface area contributed by atoms with Crippen LogP contribution in [0.1, 0.15) is 126 Å². The summed E-state index contributed by atoms with van der Waals surface area (Å²) in [5.41, 5.74) is 0. The van der Waals surface area contributed by atoms with Crippen molar-refractivity contribution in [3.05, 3.63) is 0 Å². The molecule has 0 heterocycles. The average molecular weight is 527 g/mol. The molecule has 0 atom stereocenters. The van der Waals surface area contributed by atoms with E-state index in [1.165, 1.54) is 77.0 Å². The van der Waals surface area contributed by atoms with Gasteiger partial charge in [0, 0.05) is 5.97 Å². The van der Waals surface area contributed by atoms with Crippen LogP contribution in [0.5, 0.6) is 0 Å². The fraction of sp³-hybridized carbons (Fsp3) is 0.962. The van der Waals surface area contributed by atoms with E-state index >= 15 is 0 Å². The molecule has 0 rings (SSSR count). The van der Waals surface area contributed by atoms with Crippen LogP contribution in [0, 0.1) is 0 Å². The van der Waals surface area contributed by atoms with Gasteiger partial charge in [0.1, 0.15) is 0 Å². The number of unbranched alkanes of at least 4 members (excludes halogenated alkanes) is 6. The smallest absolute Gasteiger partial charge is 0.550 e. The number of aliphatic carboxylic acids is 1. The Kier molecular flexibility index (Phi) is 44.7. The largest absolute Gasteiger partial charge is 1.00 e. The van der Waals surface area contributed by atoms with Gasteiger partial charge in [0.25, 0.3) is 0 Å². The molecule has 0 fully saturated rings. The number of hydrogen-bond acceptors (Lipinski definition) is 2. The van der Waals surface area contributed by atoms with Crippen molar-refractivity contribution in [1.29, 1.82) is 0 Å². The molecule has 0 aliphatic heterocycles. The van der Waals surface area contributed by atoms with Crippen LogP contribution in [-0.2, 0) is 21.9 Å². The summed E-state index contributed by atoms with van der Waals surface area (Å²) in [6.07, 6.45) is 26.4. The number of rotatable bonds is 18. The quantitative estimate of drug-likeness (QED) is 0.133. The maximum atomic E-state index is 8.89. The molecule has 0 spiro atoms.